The zero-order chi connectivity index (χ0) is 33.4. The Morgan fingerprint density at radius 1 is 0.979 bits per heavy atom. The third-order valence-electron chi connectivity index (χ3n) is 7.56. The molecule has 0 aliphatic carbocycles. The van der Waals surface area contributed by atoms with Gasteiger partial charge in [0.2, 0.25) is 15.9 Å². The van der Waals surface area contributed by atoms with Crippen LogP contribution < -0.4 is 25.0 Å². The van der Waals surface area contributed by atoms with E-state index in [1.165, 1.54) is 18.2 Å². The standard InChI is InChI=1S/C34H37FN6O5S/c1-3-36-33(42)30-21-26(12-15-31(30)35)38-34(43)41(27-7-5-4-6-8-27)28-17-19-40(20-18-28)23-24-9-16-32(37-22-24)46-29-13-10-25(11-14-29)39-47(2,44)45/h4-16,21-22,28,39H,3,17-20,23H2,1-2H3,(H,36,42)(H,38,43). The number of aromatic nitrogens is 1. The molecule has 0 spiro atoms. The largest absolute Gasteiger partial charge is 0.439 e. The maximum atomic E-state index is 14.3. The highest BCUT2D eigenvalue weighted by atomic mass is 32.2. The summed E-state index contributed by atoms with van der Waals surface area (Å²) in [6, 6.07) is 23.2. The van der Waals surface area contributed by atoms with Gasteiger partial charge in [-0.1, -0.05) is 24.3 Å². The van der Waals surface area contributed by atoms with Gasteiger partial charge in [-0.25, -0.2) is 22.6 Å². The van der Waals surface area contributed by atoms with Crippen LogP contribution in [0.1, 0.15) is 35.7 Å². The zero-order valence-corrected chi connectivity index (χ0v) is 27.0. The van der Waals surface area contributed by atoms with Crippen molar-refractivity contribution in [2.24, 2.45) is 0 Å². The molecule has 2 heterocycles. The fourth-order valence-corrected chi connectivity index (χ4v) is 5.95. The fourth-order valence-electron chi connectivity index (χ4n) is 5.38. The minimum absolute atomic E-state index is 0.0788. The van der Waals surface area contributed by atoms with Crippen LogP contribution in [0.15, 0.2) is 91.1 Å². The molecule has 13 heteroatoms. The Morgan fingerprint density at radius 3 is 2.32 bits per heavy atom. The fraction of sp³-hybridized carbons (Fsp3) is 0.265. The Hall–Kier alpha value is -5.01. The smallest absolute Gasteiger partial charge is 0.326 e. The molecule has 1 aliphatic heterocycles. The molecule has 0 radical (unpaired) electrons. The van der Waals surface area contributed by atoms with E-state index in [2.05, 4.69) is 25.2 Å². The highest BCUT2D eigenvalue weighted by molar-refractivity contribution is 7.92. The number of carbonyl (C=O) groups is 2. The quantitative estimate of drug-likeness (QED) is 0.184. The summed E-state index contributed by atoms with van der Waals surface area (Å²) >= 11 is 0. The molecule has 47 heavy (non-hydrogen) atoms. The number of benzene rings is 3. The maximum Gasteiger partial charge on any atom is 0.326 e. The lowest BCUT2D eigenvalue weighted by atomic mass is 10.0. The lowest BCUT2D eigenvalue weighted by molar-refractivity contribution is 0.0951. The van der Waals surface area contributed by atoms with Gasteiger partial charge in [-0.05, 0) is 79.9 Å². The second kappa shape index (κ2) is 15.1. The van der Waals surface area contributed by atoms with Gasteiger partial charge in [-0.15, -0.1) is 0 Å². The Kier molecular flexibility index (Phi) is 10.7. The molecule has 0 atom stereocenters. The predicted molar refractivity (Wildman–Crippen MR) is 180 cm³/mol. The number of piperidine rings is 1. The number of nitrogens with zero attached hydrogens (tertiary/aromatic N) is 3. The number of amides is 3. The van der Waals surface area contributed by atoms with E-state index in [1.807, 2.05) is 36.4 Å². The van der Waals surface area contributed by atoms with Crippen LogP contribution in [0.5, 0.6) is 11.6 Å². The van der Waals surface area contributed by atoms with E-state index in [0.717, 1.165) is 43.4 Å². The van der Waals surface area contributed by atoms with Crippen LogP contribution in [-0.2, 0) is 16.6 Å². The minimum atomic E-state index is -3.36. The van der Waals surface area contributed by atoms with Crippen molar-refractivity contribution in [1.29, 1.82) is 0 Å². The first-order valence-electron chi connectivity index (χ1n) is 15.2. The van der Waals surface area contributed by atoms with Crippen molar-refractivity contribution in [3.05, 3.63) is 108 Å². The Morgan fingerprint density at radius 2 is 1.68 bits per heavy atom. The summed E-state index contributed by atoms with van der Waals surface area (Å²) < 4.78 is 45.4. The summed E-state index contributed by atoms with van der Waals surface area (Å²) in [5.74, 6) is -0.253. The normalized spacial score (nSPS) is 13.9. The van der Waals surface area contributed by atoms with Gasteiger partial charge in [-0.2, -0.15) is 0 Å². The van der Waals surface area contributed by atoms with Crippen LogP contribution >= 0.6 is 0 Å². The van der Waals surface area contributed by atoms with Crippen molar-refractivity contribution < 1.29 is 27.1 Å². The molecular weight excluding hydrogens is 623 g/mol. The number of urea groups is 1. The number of sulfonamides is 1. The molecule has 246 valence electrons. The lowest BCUT2D eigenvalue weighted by Crippen LogP contribution is -2.49. The number of hydrogen-bond acceptors (Lipinski definition) is 7. The van der Waals surface area contributed by atoms with Gasteiger partial charge in [0.1, 0.15) is 11.6 Å². The van der Waals surface area contributed by atoms with Crippen LogP contribution in [-0.4, -0.2) is 62.2 Å². The molecule has 5 rings (SSSR count). The van der Waals surface area contributed by atoms with Gasteiger partial charge in [-0.3, -0.25) is 19.3 Å². The van der Waals surface area contributed by atoms with Crippen LogP contribution in [0.3, 0.4) is 0 Å². The first-order valence-corrected chi connectivity index (χ1v) is 17.1. The molecule has 1 fully saturated rings. The second-order valence-corrected chi connectivity index (χ2v) is 13.0. The topological polar surface area (TPSA) is 133 Å². The maximum absolute atomic E-state index is 14.3. The van der Waals surface area contributed by atoms with E-state index >= 15 is 0 Å². The number of nitrogens with one attached hydrogen (secondary N) is 3. The number of anilines is 3. The number of rotatable bonds is 11. The van der Waals surface area contributed by atoms with Crippen molar-refractivity contribution in [1.82, 2.24) is 15.2 Å². The lowest BCUT2D eigenvalue weighted by Gasteiger charge is -2.38. The number of halogens is 1. The number of ether oxygens (including phenoxy) is 1. The van der Waals surface area contributed by atoms with Crippen molar-refractivity contribution in [3.63, 3.8) is 0 Å². The Balaban J connectivity index is 1.19. The molecule has 1 saturated heterocycles. The van der Waals surface area contributed by atoms with Crippen LogP contribution in [0.2, 0.25) is 0 Å². The molecule has 11 nitrogen and oxygen atoms in total. The Labute approximate surface area is 273 Å². The highest BCUT2D eigenvalue weighted by Crippen LogP contribution is 2.27. The summed E-state index contributed by atoms with van der Waals surface area (Å²) in [5, 5.41) is 5.46. The van der Waals surface area contributed by atoms with E-state index in [-0.39, 0.29) is 17.6 Å². The van der Waals surface area contributed by atoms with Crippen LogP contribution in [0.25, 0.3) is 0 Å². The summed E-state index contributed by atoms with van der Waals surface area (Å²) in [6.07, 6.45) is 4.32. The van der Waals surface area contributed by atoms with E-state index in [4.69, 9.17) is 4.74 Å². The molecule has 3 amide bonds. The van der Waals surface area contributed by atoms with E-state index in [1.54, 1.807) is 48.4 Å². The third kappa shape index (κ3) is 9.27. The van der Waals surface area contributed by atoms with Crippen LogP contribution in [0.4, 0.5) is 26.2 Å². The molecule has 0 unspecified atom stereocenters. The molecule has 3 aromatic carbocycles. The number of likely N-dealkylation sites (tertiary alicyclic amines) is 1. The monoisotopic (exact) mass is 660 g/mol. The average molecular weight is 661 g/mol. The SMILES string of the molecule is CCNC(=O)c1cc(NC(=O)N(c2ccccc2)C2CCN(Cc3ccc(Oc4ccc(NS(C)(=O)=O)cc4)nc3)CC2)ccc1F. The van der Waals surface area contributed by atoms with Gasteiger partial charge in [0, 0.05) is 61.5 Å². The molecular formula is C34H37FN6O5S. The molecule has 0 bridgehead atoms. The average Bonchev–Trinajstić information content (AvgIpc) is 3.05. The van der Waals surface area contributed by atoms with Crippen molar-refractivity contribution in [2.75, 3.05) is 40.8 Å². The van der Waals surface area contributed by atoms with Gasteiger partial charge in [0.15, 0.2) is 0 Å². The molecule has 1 aromatic heterocycles. The van der Waals surface area contributed by atoms with Crippen molar-refractivity contribution >= 4 is 39.0 Å². The minimum Gasteiger partial charge on any atom is -0.439 e. The number of hydrogen-bond donors (Lipinski definition) is 3. The zero-order valence-electron chi connectivity index (χ0n) is 26.1. The number of para-hydroxylation sites is 1. The molecule has 1 aliphatic rings. The predicted octanol–water partition coefficient (Wildman–Crippen LogP) is 5.84. The Bertz CT molecular complexity index is 1780. The molecule has 0 saturated carbocycles. The molecule has 3 N–H and O–H groups in total. The van der Waals surface area contributed by atoms with Gasteiger partial charge in [0.25, 0.3) is 5.91 Å². The number of carbonyl (C=O) groups excluding carboxylic acids is 2. The van der Waals surface area contributed by atoms with E-state index in [0.29, 0.717) is 36.1 Å². The third-order valence-corrected chi connectivity index (χ3v) is 8.17. The van der Waals surface area contributed by atoms with Gasteiger partial charge < -0.3 is 15.4 Å². The van der Waals surface area contributed by atoms with Crippen molar-refractivity contribution in [2.45, 2.75) is 32.4 Å². The van der Waals surface area contributed by atoms with Crippen molar-refractivity contribution in [3.8, 4) is 11.6 Å². The first kappa shape index (κ1) is 33.4. The highest BCUT2D eigenvalue weighted by Gasteiger charge is 2.29. The summed E-state index contributed by atoms with van der Waals surface area (Å²) in [7, 11) is -3.36. The second-order valence-electron chi connectivity index (χ2n) is 11.2. The first-order chi connectivity index (χ1) is 22.6. The van der Waals surface area contributed by atoms with E-state index in [9.17, 15) is 22.4 Å². The van der Waals surface area contributed by atoms with Gasteiger partial charge in [0.05, 0.1) is 11.8 Å². The van der Waals surface area contributed by atoms with E-state index < -0.39 is 21.7 Å². The molecule has 4 aromatic rings. The van der Waals surface area contributed by atoms with Gasteiger partial charge >= 0.3 is 6.03 Å². The summed E-state index contributed by atoms with van der Waals surface area (Å²) in [6.45, 7) is 4.30. The summed E-state index contributed by atoms with van der Waals surface area (Å²) in [5.41, 5.74) is 2.41. The summed E-state index contributed by atoms with van der Waals surface area (Å²) in [4.78, 5) is 34.4. The number of pyridine rings is 1. The van der Waals surface area contributed by atoms with Crippen LogP contribution in [0, 0.1) is 5.82 Å².